The minimum absolute atomic E-state index is 0.00819. The molecule has 3 heterocycles. The summed E-state index contributed by atoms with van der Waals surface area (Å²) in [6.45, 7) is 2.34. The predicted molar refractivity (Wildman–Crippen MR) is 101 cm³/mol. The largest absolute Gasteiger partial charge is 0.309 e. The van der Waals surface area contributed by atoms with E-state index in [4.69, 9.17) is 5.26 Å². The summed E-state index contributed by atoms with van der Waals surface area (Å²) >= 11 is 0. The van der Waals surface area contributed by atoms with Crippen molar-refractivity contribution in [2.75, 3.05) is 30.5 Å². The molecular weight excluding hydrogens is 352 g/mol. The van der Waals surface area contributed by atoms with Crippen LogP contribution in [0.5, 0.6) is 0 Å². The van der Waals surface area contributed by atoms with Crippen LogP contribution in [-0.2, 0) is 7.05 Å². The number of likely N-dealkylation sites (tertiary alicyclic amines) is 1. The van der Waals surface area contributed by atoms with Gasteiger partial charge in [0.05, 0.1) is 24.5 Å². The molecule has 2 N–H and O–H groups in total. The van der Waals surface area contributed by atoms with Crippen molar-refractivity contribution in [1.82, 2.24) is 19.0 Å². The monoisotopic (exact) mass is 374 g/mol. The zero-order valence-electron chi connectivity index (χ0n) is 14.6. The molecule has 4 rings (SSSR count). The Morgan fingerprint density at radius 3 is 2.77 bits per heavy atom. The second kappa shape index (κ2) is 6.48. The number of benzene rings is 1. The molecule has 1 atom stereocenters. The quantitative estimate of drug-likeness (QED) is 0.797. The van der Waals surface area contributed by atoms with Gasteiger partial charge in [-0.15, -0.1) is 0 Å². The first-order chi connectivity index (χ1) is 12.5. The van der Waals surface area contributed by atoms with Crippen LogP contribution >= 0.6 is 11.0 Å². The predicted octanol–water partition coefficient (Wildman–Crippen LogP) is 2.35. The Balaban J connectivity index is 1.58. The van der Waals surface area contributed by atoms with Crippen molar-refractivity contribution in [3.63, 3.8) is 0 Å². The van der Waals surface area contributed by atoms with Gasteiger partial charge in [-0.05, 0) is 24.1 Å². The summed E-state index contributed by atoms with van der Waals surface area (Å²) in [4.78, 5) is 1.67. The first-order valence-corrected chi connectivity index (χ1v) is 10.0. The van der Waals surface area contributed by atoms with Gasteiger partial charge in [-0.1, -0.05) is 23.1 Å². The molecule has 0 saturated carbocycles. The van der Waals surface area contributed by atoms with E-state index < -0.39 is 11.0 Å². The zero-order valence-corrected chi connectivity index (χ0v) is 15.4. The number of aryl methyl sites for hydroxylation is 1. The summed E-state index contributed by atoms with van der Waals surface area (Å²) in [5, 5.41) is 13.2. The van der Waals surface area contributed by atoms with Crippen LogP contribution in [0.1, 0.15) is 6.42 Å². The molecule has 2 aromatic rings. The molecule has 0 aliphatic carbocycles. The molecule has 2 saturated heterocycles. The van der Waals surface area contributed by atoms with Gasteiger partial charge in [-0.25, -0.2) is 0 Å². The number of nitriles is 1. The van der Waals surface area contributed by atoms with Crippen LogP contribution in [0.15, 0.2) is 36.7 Å². The number of rotatable bonds is 3. The fourth-order valence-corrected chi connectivity index (χ4v) is 5.57. The van der Waals surface area contributed by atoms with Crippen LogP contribution in [0.2, 0.25) is 0 Å². The van der Waals surface area contributed by atoms with Crippen LogP contribution in [0.25, 0.3) is 11.1 Å². The number of nitrogens with zero attached hydrogens (tertiary/aromatic N) is 6. The summed E-state index contributed by atoms with van der Waals surface area (Å²) in [7, 11) is -1.21. The van der Waals surface area contributed by atoms with Crippen molar-refractivity contribution in [2.24, 2.45) is 7.05 Å². The average molecular weight is 374 g/mol. The van der Waals surface area contributed by atoms with Gasteiger partial charge in [0, 0.05) is 38.4 Å². The maximum atomic E-state index is 10.9. The lowest BCUT2D eigenvalue weighted by Crippen LogP contribution is -2.38. The Morgan fingerprint density at radius 1 is 1.23 bits per heavy atom. The Bertz CT molecular complexity index is 848. The van der Waals surface area contributed by atoms with Crippen molar-refractivity contribution < 1.29 is 9.11 Å². The molecule has 9 heteroatoms. The number of hydrogen-bond donors (Lipinski definition) is 2. The van der Waals surface area contributed by atoms with E-state index in [2.05, 4.69) is 11.3 Å². The summed E-state index contributed by atoms with van der Waals surface area (Å²) in [5.41, 5.74) is 2.76. The summed E-state index contributed by atoms with van der Waals surface area (Å²) in [5.74, 6) is 0. The summed E-state index contributed by atoms with van der Waals surface area (Å²) in [6.07, 6.45) is 6.64. The second-order valence-electron chi connectivity index (χ2n) is 6.67. The van der Waals surface area contributed by atoms with Crippen LogP contribution < -0.4 is 4.31 Å². The minimum Gasteiger partial charge on any atom is -0.309 e. The van der Waals surface area contributed by atoms with E-state index >= 15 is 0 Å². The lowest BCUT2D eigenvalue weighted by molar-refractivity contribution is 0.310. The van der Waals surface area contributed by atoms with Crippen molar-refractivity contribution in [1.29, 1.82) is 5.26 Å². The van der Waals surface area contributed by atoms with Gasteiger partial charge >= 0.3 is 0 Å². The summed E-state index contributed by atoms with van der Waals surface area (Å²) < 4.78 is 27.0. The lowest BCUT2D eigenvalue weighted by Gasteiger charge is -2.45. The maximum absolute atomic E-state index is 10.9. The fraction of sp³-hybridized carbons (Fsp3) is 0.412. The smallest absolute Gasteiger partial charge is 0.179 e. The van der Waals surface area contributed by atoms with E-state index in [9.17, 15) is 9.11 Å². The number of aromatic nitrogens is 2. The third-order valence-corrected chi connectivity index (χ3v) is 7.11. The fourth-order valence-electron chi connectivity index (χ4n) is 3.69. The first kappa shape index (κ1) is 17.2. The number of anilines is 1. The average Bonchev–Trinajstić information content (AvgIpc) is 3.33. The van der Waals surface area contributed by atoms with Crippen LogP contribution in [0.3, 0.4) is 0 Å². The molecule has 0 spiro atoms. The molecule has 1 aromatic heterocycles. The maximum Gasteiger partial charge on any atom is 0.179 e. The van der Waals surface area contributed by atoms with Crippen LogP contribution in [-0.4, -0.2) is 60.3 Å². The lowest BCUT2D eigenvalue weighted by atomic mass is 10.1. The van der Waals surface area contributed by atoms with Gasteiger partial charge in [0.15, 0.2) is 6.19 Å². The van der Waals surface area contributed by atoms with E-state index in [-0.39, 0.29) is 6.04 Å². The van der Waals surface area contributed by atoms with Crippen LogP contribution in [0, 0.1) is 11.5 Å². The number of hydrogen-bond acceptors (Lipinski definition) is 7. The molecule has 8 nitrogen and oxygen atoms in total. The van der Waals surface area contributed by atoms with E-state index in [1.807, 2.05) is 37.5 Å². The Hall–Kier alpha value is -2.25. The van der Waals surface area contributed by atoms with E-state index in [0.29, 0.717) is 26.2 Å². The van der Waals surface area contributed by atoms with Crippen molar-refractivity contribution >= 4 is 16.6 Å². The molecule has 2 fully saturated rings. The molecule has 0 unspecified atom stereocenters. The van der Waals surface area contributed by atoms with Gasteiger partial charge in [0.1, 0.15) is 0 Å². The van der Waals surface area contributed by atoms with Gasteiger partial charge in [-0.2, -0.15) is 14.7 Å². The molecule has 26 heavy (non-hydrogen) atoms. The van der Waals surface area contributed by atoms with Gasteiger partial charge in [0.2, 0.25) is 0 Å². The highest BCUT2D eigenvalue weighted by molar-refractivity contribution is 8.23. The molecule has 0 amide bonds. The third-order valence-electron chi connectivity index (χ3n) is 5.02. The van der Waals surface area contributed by atoms with Gasteiger partial charge in [-0.3, -0.25) is 18.1 Å². The van der Waals surface area contributed by atoms with Crippen LogP contribution in [0.4, 0.5) is 5.69 Å². The SMILES string of the molecule is Cn1cc(-c2cccc(N3CCN([C@@H]4CCN(C#N)C4)S3(O)O)c2)cn1. The Morgan fingerprint density at radius 2 is 2.08 bits per heavy atom. The van der Waals surface area contributed by atoms with Crippen molar-refractivity contribution in [3.05, 3.63) is 36.7 Å². The van der Waals surface area contributed by atoms with Gasteiger partial charge in [0.25, 0.3) is 0 Å². The molecule has 2 aliphatic heterocycles. The molecule has 2 aliphatic rings. The third kappa shape index (κ3) is 2.91. The second-order valence-corrected chi connectivity index (χ2v) is 8.56. The van der Waals surface area contributed by atoms with E-state index in [0.717, 1.165) is 23.2 Å². The Kier molecular flexibility index (Phi) is 4.28. The molecule has 0 radical (unpaired) electrons. The van der Waals surface area contributed by atoms with Crippen molar-refractivity contribution in [2.45, 2.75) is 12.5 Å². The summed E-state index contributed by atoms with van der Waals surface area (Å²) in [6, 6.07) is 7.76. The molecule has 1 aromatic carbocycles. The molecular formula is C17H22N6O2S. The molecule has 0 bridgehead atoms. The highest BCUT2D eigenvalue weighted by Gasteiger charge is 2.43. The standard InChI is InChI=1S/C17H22N6O2S/c1-20-11-15(10-19-20)14-3-2-4-16(9-14)22-7-8-23(26(22,24)25)17-5-6-21(12-17)13-18/h2-4,9-11,17,24-25H,5-8,12H2,1H3/t17-/m1/s1. The minimum atomic E-state index is -3.08. The molecule has 138 valence electrons. The Labute approximate surface area is 154 Å². The highest BCUT2D eigenvalue weighted by atomic mass is 32.3. The van der Waals surface area contributed by atoms with Gasteiger partial charge < -0.3 is 4.90 Å². The zero-order chi connectivity index (χ0) is 18.3. The van der Waals surface area contributed by atoms with E-state index in [1.165, 1.54) is 0 Å². The topological polar surface area (TPSA) is 91.8 Å². The van der Waals surface area contributed by atoms with E-state index in [1.54, 1.807) is 24.4 Å². The highest BCUT2D eigenvalue weighted by Crippen LogP contribution is 2.55. The van der Waals surface area contributed by atoms with Crippen molar-refractivity contribution in [3.8, 4) is 17.3 Å². The normalized spacial score (nSPS) is 24.0. The first-order valence-electron chi connectivity index (χ1n) is 8.55.